The van der Waals surface area contributed by atoms with Crippen molar-refractivity contribution < 1.29 is 13.6 Å². The van der Waals surface area contributed by atoms with Crippen LogP contribution < -0.4 is 5.32 Å². The van der Waals surface area contributed by atoms with Crippen molar-refractivity contribution >= 4 is 11.6 Å². The van der Waals surface area contributed by atoms with Gasteiger partial charge in [0.15, 0.2) is 0 Å². The van der Waals surface area contributed by atoms with Crippen LogP contribution >= 0.6 is 0 Å². The predicted octanol–water partition coefficient (Wildman–Crippen LogP) is 3.76. The van der Waals surface area contributed by atoms with Crippen LogP contribution in [0.5, 0.6) is 0 Å². The van der Waals surface area contributed by atoms with Crippen LogP contribution in [0.2, 0.25) is 0 Å². The third-order valence-electron chi connectivity index (χ3n) is 2.58. The number of amides is 1. The topological polar surface area (TPSA) is 42.0 Å². The third-order valence-corrected chi connectivity index (χ3v) is 2.58. The van der Waals surface area contributed by atoms with Crippen LogP contribution in [-0.2, 0) is 4.79 Å². The molecule has 106 valence electrons. The number of carbonyl (C=O) groups is 1. The average molecular weight is 270 g/mol. The lowest BCUT2D eigenvalue weighted by Crippen LogP contribution is -2.19. The van der Waals surface area contributed by atoms with E-state index in [-0.39, 0.29) is 22.9 Å². The SMILES string of the molecule is CC(CC(=O)Nc1ccc(F)nc1F)CC(C)(C)C. The van der Waals surface area contributed by atoms with Gasteiger partial charge in [-0.05, 0) is 29.9 Å². The van der Waals surface area contributed by atoms with Crippen molar-refractivity contribution in [2.45, 2.75) is 40.5 Å². The standard InChI is InChI=1S/C14H20F2N2O/c1-9(8-14(2,3)4)7-12(19)17-10-5-6-11(15)18-13(10)16/h5-6,9H,7-8H2,1-4H3,(H,17,19). The minimum absolute atomic E-state index is 0.0886. The van der Waals surface area contributed by atoms with Crippen LogP contribution in [0.3, 0.4) is 0 Å². The largest absolute Gasteiger partial charge is 0.322 e. The van der Waals surface area contributed by atoms with Gasteiger partial charge in [0.05, 0.1) is 5.69 Å². The summed E-state index contributed by atoms with van der Waals surface area (Å²) in [5.74, 6) is -2.01. The Balaban J connectivity index is 2.56. The first-order valence-corrected chi connectivity index (χ1v) is 6.29. The summed E-state index contributed by atoms with van der Waals surface area (Å²) in [7, 11) is 0. The Hall–Kier alpha value is -1.52. The van der Waals surface area contributed by atoms with Gasteiger partial charge in [0.2, 0.25) is 17.8 Å². The molecule has 0 radical (unpaired) electrons. The fourth-order valence-electron chi connectivity index (χ4n) is 2.14. The predicted molar refractivity (Wildman–Crippen MR) is 70.6 cm³/mol. The Morgan fingerprint density at radius 2 is 2.00 bits per heavy atom. The van der Waals surface area contributed by atoms with E-state index in [1.54, 1.807) is 0 Å². The fourth-order valence-corrected chi connectivity index (χ4v) is 2.14. The van der Waals surface area contributed by atoms with Crippen LogP contribution in [0.15, 0.2) is 12.1 Å². The van der Waals surface area contributed by atoms with Crippen molar-refractivity contribution in [2.24, 2.45) is 11.3 Å². The molecule has 1 aromatic rings. The molecule has 1 aromatic heterocycles. The number of hydrogen-bond donors (Lipinski definition) is 1. The van der Waals surface area contributed by atoms with Gasteiger partial charge in [-0.1, -0.05) is 27.7 Å². The maximum absolute atomic E-state index is 13.3. The number of aromatic nitrogens is 1. The van der Waals surface area contributed by atoms with Crippen molar-refractivity contribution in [1.82, 2.24) is 4.98 Å². The van der Waals surface area contributed by atoms with E-state index in [2.05, 4.69) is 31.1 Å². The molecule has 5 heteroatoms. The first kappa shape index (κ1) is 15.5. The van der Waals surface area contributed by atoms with Crippen LogP contribution in [0.4, 0.5) is 14.5 Å². The summed E-state index contributed by atoms with van der Waals surface area (Å²) < 4.78 is 25.9. The number of carbonyl (C=O) groups excluding carboxylic acids is 1. The second kappa shape index (κ2) is 6.08. The molecule has 1 heterocycles. The summed E-state index contributed by atoms with van der Waals surface area (Å²) in [6.45, 7) is 8.28. The normalized spacial score (nSPS) is 13.2. The molecule has 0 fully saturated rings. The molecule has 0 spiro atoms. The molecule has 0 saturated carbocycles. The van der Waals surface area contributed by atoms with E-state index in [1.165, 1.54) is 6.07 Å². The zero-order valence-corrected chi connectivity index (χ0v) is 11.8. The number of pyridine rings is 1. The van der Waals surface area contributed by atoms with Gasteiger partial charge in [0, 0.05) is 6.42 Å². The first-order valence-electron chi connectivity index (χ1n) is 6.29. The molecule has 0 bridgehead atoms. The molecule has 0 saturated heterocycles. The van der Waals surface area contributed by atoms with Crippen molar-refractivity contribution in [3.8, 4) is 0 Å². The van der Waals surface area contributed by atoms with Crippen LogP contribution in [0.25, 0.3) is 0 Å². The lowest BCUT2D eigenvalue weighted by molar-refractivity contribution is -0.117. The number of hydrogen-bond acceptors (Lipinski definition) is 2. The van der Waals surface area contributed by atoms with Gasteiger partial charge in [-0.25, -0.2) is 0 Å². The molecule has 1 atom stereocenters. The second-order valence-electron chi connectivity index (χ2n) is 6.09. The van der Waals surface area contributed by atoms with Crippen LogP contribution in [0.1, 0.15) is 40.5 Å². The molecular formula is C14H20F2N2O. The van der Waals surface area contributed by atoms with E-state index >= 15 is 0 Å². The molecule has 0 aliphatic heterocycles. The molecule has 1 amide bonds. The molecule has 0 aliphatic rings. The molecule has 1 unspecified atom stereocenters. The van der Waals surface area contributed by atoms with E-state index in [1.807, 2.05) is 6.92 Å². The third kappa shape index (κ3) is 5.77. The fraction of sp³-hybridized carbons (Fsp3) is 0.571. The summed E-state index contributed by atoms with van der Waals surface area (Å²) in [6, 6.07) is 2.18. The maximum Gasteiger partial charge on any atom is 0.239 e. The van der Waals surface area contributed by atoms with E-state index in [4.69, 9.17) is 0 Å². The lowest BCUT2D eigenvalue weighted by atomic mass is 9.84. The summed E-state index contributed by atoms with van der Waals surface area (Å²) in [5, 5.41) is 2.41. The van der Waals surface area contributed by atoms with E-state index in [9.17, 15) is 13.6 Å². The smallest absolute Gasteiger partial charge is 0.239 e. The first-order chi connectivity index (χ1) is 8.67. The Labute approximate surface area is 112 Å². The summed E-state index contributed by atoms with van der Waals surface area (Å²) >= 11 is 0. The van der Waals surface area contributed by atoms with E-state index in [0.717, 1.165) is 12.5 Å². The second-order valence-corrected chi connectivity index (χ2v) is 6.09. The van der Waals surface area contributed by atoms with Gasteiger partial charge in [-0.3, -0.25) is 4.79 Å². The maximum atomic E-state index is 13.3. The molecule has 19 heavy (non-hydrogen) atoms. The highest BCUT2D eigenvalue weighted by molar-refractivity contribution is 5.90. The molecule has 3 nitrogen and oxygen atoms in total. The molecule has 0 aromatic carbocycles. The quantitative estimate of drug-likeness (QED) is 0.846. The number of nitrogens with zero attached hydrogens (tertiary/aromatic N) is 1. The molecule has 1 N–H and O–H groups in total. The van der Waals surface area contributed by atoms with Crippen molar-refractivity contribution in [3.05, 3.63) is 24.0 Å². The molecule has 1 rings (SSSR count). The monoisotopic (exact) mass is 270 g/mol. The summed E-state index contributed by atoms with van der Waals surface area (Å²) in [4.78, 5) is 14.8. The number of halogens is 2. The summed E-state index contributed by atoms with van der Waals surface area (Å²) in [6.07, 6.45) is 1.19. The van der Waals surface area contributed by atoms with Gasteiger partial charge in [0.25, 0.3) is 0 Å². The minimum Gasteiger partial charge on any atom is -0.322 e. The highest BCUT2D eigenvalue weighted by Crippen LogP contribution is 2.26. The Kier molecular flexibility index (Phi) is 4.97. The number of nitrogens with one attached hydrogen (secondary N) is 1. The van der Waals surface area contributed by atoms with Gasteiger partial charge in [0.1, 0.15) is 0 Å². The van der Waals surface area contributed by atoms with E-state index < -0.39 is 11.9 Å². The lowest BCUT2D eigenvalue weighted by Gasteiger charge is -2.22. The Morgan fingerprint density at radius 3 is 2.53 bits per heavy atom. The number of rotatable bonds is 4. The summed E-state index contributed by atoms with van der Waals surface area (Å²) in [5.41, 5.74) is 0.0527. The highest BCUT2D eigenvalue weighted by atomic mass is 19.1. The van der Waals surface area contributed by atoms with Gasteiger partial charge >= 0.3 is 0 Å². The van der Waals surface area contributed by atoms with Crippen molar-refractivity contribution in [2.75, 3.05) is 5.32 Å². The zero-order valence-electron chi connectivity index (χ0n) is 11.8. The molecule has 0 aliphatic carbocycles. The average Bonchev–Trinajstić information content (AvgIpc) is 2.19. The van der Waals surface area contributed by atoms with Crippen molar-refractivity contribution in [1.29, 1.82) is 0 Å². The van der Waals surface area contributed by atoms with Crippen LogP contribution in [-0.4, -0.2) is 10.9 Å². The highest BCUT2D eigenvalue weighted by Gasteiger charge is 2.18. The van der Waals surface area contributed by atoms with Gasteiger partial charge in [-0.15, -0.1) is 0 Å². The molecular weight excluding hydrogens is 250 g/mol. The van der Waals surface area contributed by atoms with E-state index in [0.29, 0.717) is 6.42 Å². The van der Waals surface area contributed by atoms with Gasteiger partial charge in [-0.2, -0.15) is 13.8 Å². The van der Waals surface area contributed by atoms with Gasteiger partial charge < -0.3 is 5.32 Å². The van der Waals surface area contributed by atoms with Crippen molar-refractivity contribution in [3.63, 3.8) is 0 Å². The zero-order chi connectivity index (χ0) is 14.6. The Bertz CT molecular complexity index is 455. The Morgan fingerprint density at radius 1 is 1.37 bits per heavy atom. The minimum atomic E-state index is -1.00. The number of anilines is 1. The van der Waals surface area contributed by atoms with Crippen LogP contribution in [0, 0.1) is 23.2 Å².